The second kappa shape index (κ2) is 5.29. The Hall–Kier alpha value is -1.71. The minimum Gasteiger partial charge on any atom is -0.508 e. The number of phenolic OH excluding ortho intramolecular Hbond substituents is 2. The highest BCUT2D eigenvalue weighted by molar-refractivity contribution is 5.95. The molecule has 1 unspecified atom stereocenters. The van der Waals surface area contributed by atoms with Crippen LogP contribution in [-0.4, -0.2) is 33.6 Å². The average Bonchev–Trinajstić information content (AvgIpc) is 2.36. The number of benzene rings is 1. The average molecular weight is 249 g/mol. The van der Waals surface area contributed by atoms with Crippen molar-refractivity contribution in [1.82, 2.24) is 4.90 Å². The lowest BCUT2D eigenvalue weighted by molar-refractivity contribution is 0.0607. The third-order valence-electron chi connectivity index (χ3n) is 3.51. The second-order valence-electron chi connectivity index (χ2n) is 4.79. The van der Waals surface area contributed by atoms with Gasteiger partial charge in [-0.2, -0.15) is 0 Å². The Kier molecular flexibility index (Phi) is 3.75. The van der Waals surface area contributed by atoms with Crippen LogP contribution in [0.2, 0.25) is 0 Å². The molecule has 1 aliphatic rings. The Morgan fingerprint density at radius 3 is 2.56 bits per heavy atom. The van der Waals surface area contributed by atoms with Crippen molar-refractivity contribution in [2.45, 2.75) is 38.6 Å². The molecule has 0 saturated carbocycles. The van der Waals surface area contributed by atoms with Crippen LogP contribution in [0.3, 0.4) is 0 Å². The topological polar surface area (TPSA) is 60.8 Å². The molecule has 1 amide bonds. The highest BCUT2D eigenvalue weighted by Gasteiger charge is 2.26. The number of amides is 1. The van der Waals surface area contributed by atoms with Gasteiger partial charge in [0.2, 0.25) is 0 Å². The molecule has 1 heterocycles. The van der Waals surface area contributed by atoms with Gasteiger partial charge < -0.3 is 15.1 Å². The number of rotatable bonds is 2. The summed E-state index contributed by atoms with van der Waals surface area (Å²) in [5.74, 6) is -0.264. The summed E-state index contributed by atoms with van der Waals surface area (Å²) in [7, 11) is 0. The maximum absolute atomic E-state index is 12.4. The van der Waals surface area contributed by atoms with Crippen LogP contribution < -0.4 is 0 Å². The molecule has 1 atom stereocenters. The highest BCUT2D eigenvalue weighted by atomic mass is 16.3. The Labute approximate surface area is 107 Å². The Morgan fingerprint density at radius 1 is 1.28 bits per heavy atom. The molecule has 0 radical (unpaired) electrons. The number of carbonyl (C=O) groups excluding carboxylic acids is 1. The zero-order valence-electron chi connectivity index (χ0n) is 10.6. The van der Waals surface area contributed by atoms with Crippen molar-refractivity contribution in [3.8, 4) is 11.5 Å². The van der Waals surface area contributed by atoms with Gasteiger partial charge in [0.25, 0.3) is 5.91 Å². The fraction of sp³-hybridized carbons (Fsp3) is 0.500. The van der Waals surface area contributed by atoms with E-state index in [-0.39, 0.29) is 23.4 Å². The Morgan fingerprint density at radius 2 is 1.94 bits per heavy atom. The van der Waals surface area contributed by atoms with E-state index < -0.39 is 0 Å². The van der Waals surface area contributed by atoms with Gasteiger partial charge in [-0.25, -0.2) is 0 Å². The lowest BCUT2D eigenvalue weighted by atomic mass is 9.99. The fourth-order valence-electron chi connectivity index (χ4n) is 2.58. The van der Waals surface area contributed by atoms with E-state index in [0.717, 1.165) is 32.2 Å². The summed E-state index contributed by atoms with van der Waals surface area (Å²) >= 11 is 0. The quantitative estimate of drug-likeness (QED) is 0.846. The van der Waals surface area contributed by atoms with Crippen LogP contribution in [0, 0.1) is 0 Å². The maximum atomic E-state index is 12.4. The van der Waals surface area contributed by atoms with Gasteiger partial charge in [0.15, 0.2) is 0 Å². The van der Waals surface area contributed by atoms with Gasteiger partial charge in [-0.3, -0.25) is 4.79 Å². The highest BCUT2D eigenvalue weighted by Crippen LogP contribution is 2.25. The molecule has 98 valence electrons. The number of hydrogen-bond acceptors (Lipinski definition) is 3. The minimum absolute atomic E-state index is 0.0802. The summed E-state index contributed by atoms with van der Waals surface area (Å²) in [4.78, 5) is 14.2. The van der Waals surface area contributed by atoms with Gasteiger partial charge in [0.1, 0.15) is 11.5 Å². The van der Waals surface area contributed by atoms with Crippen molar-refractivity contribution in [2.75, 3.05) is 6.54 Å². The number of carbonyl (C=O) groups is 1. The molecule has 1 aliphatic heterocycles. The Bertz CT molecular complexity index is 424. The summed E-state index contributed by atoms with van der Waals surface area (Å²) in [6.07, 6.45) is 4.16. The van der Waals surface area contributed by atoms with E-state index in [2.05, 4.69) is 6.92 Å². The van der Waals surface area contributed by atoms with Crippen LogP contribution in [0.1, 0.15) is 43.0 Å². The Balaban J connectivity index is 2.23. The van der Waals surface area contributed by atoms with Gasteiger partial charge in [-0.15, -0.1) is 0 Å². The van der Waals surface area contributed by atoms with E-state index in [1.54, 1.807) is 0 Å². The largest absolute Gasteiger partial charge is 0.508 e. The molecule has 1 aromatic carbocycles. The number of phenols is 2. The molecule has 1 fully saturated rings. The first-order chi connectivity index (χ1) is 8.61. The summed E-state index contributed by atoms with van der Waals surface area (Å²) in [5, 5.41) is 18.9. The van der Waals surface area contributed by atoms with Crippen LogP contribution >= 0.6 is 0 Å². The smallest absolute Gasteiger partial charge is 0.254 e. The lowest BCUT2D eigenvalue weighted by Gasteiger charge is -2.35. The van der Waals surface area contributed by atoms with Gasteiger partial charge in [0.05, 0.1) is 0 Å². The number of nitrogens with zero attached hydrogens (tertiary/aromatic N) is 1. The van der Waals surface area contributed by atoms with Crippen LogP contribution in [0.5, 0.6) is 11.5 Å². The summed E-state index contributed by atoms with van der Waals surface area (Å²) in [6.45, 7) is 2.84. The third kappa shape index (κ3) is 2.58. The summed E-state index contributed by atoms with van der Waals surface area (Å²) in [5.41, 5.74) is 0.354. The van der Waals surface area contributed by atoms with Crippen molar-refractivity contribution in [3.63, 3.8) is 0 Å². The van der Waals surface area contributed by atoms with Gasteiger partial charge >= 0.3 is 0 Å². The van der Waals surface area contributed by atoms with Crippen LogP contribution in [0.25, 0.3) is 0 Å². The predicted octanol–water partition coefficient (Wildman–Crippen LogP) is 2.50. The zero-order valence-corrected chi connectivity index (χ0v) is 10.6. The molecule has 0 aromatic heterocycles. The molecule has 1 aromatic rings. The monoisotopic (exact) mass is 249 g/mol. The van der Waals surface area contributed by atoms with Gasteiger partial charge in [-0.05, 0) is 37.8 Å². The molecule has 2 rings (SSSR count). The first kappa shape index (κ1) is 12.7. The molecular formula is C14H19NO3. The molecule has 1 saturated heterocycles. The van der Waals surface area contributed by atoms with E-state index in [4.69, 9.17) is 0 Å². The van der Waals surface area contributed by atoms with E-state index in [9.17, 15) is 15.0 Å². The summed E-state index contributed by atoms with van der Waals surface area (Å²) in [6, 6.07) is 4.31. The van der Waals surface area contributed by atoms with Crippen LogP contribution in [-0.2, 0) is 0 Å². The molecular weight excluding hydrogens is 230 g/mol. The minimum atomic E-state index is -0.104. The molecule has 4 heteroatoms. The summed E-state index contributed by atoms with van der Waals surface area (Å²) < 4.78 is 0. The van der Waals surface area contributed by atoms with Gasteiger partial charge in [0, 0.05) is 24.2 Å². The van der Waals surface area contributed by atoms with Crippen molar-refractivity contribution in [3.05, 3.63) is 23.8 Å². The molecule has 0 bridgehead atoms. The van der Waals surface area contributed by atoms with E-state index in [0.29, 0.717) is 5.56 Å². The second-order valence-corrected chi connectivity index (χ2v) is 4.79. The molecule has 2 N–H and O–H groups in total. The number of hydrogen-bond donors (Lipinski definition) is 2. The van der Waals surface area contributed by atoms with Gasteiger partial charge in [-0.1, -0.05) is 6.92 Å². The first-order valence-electron chi connectivity index (χ1n) is 6.46. The first-order valence-corrected chi connectivity index (χ1v) is 6.46. The number of piperidine rings is 1. The SMILES string of the molecule is CCC1CCCCN1C(=O)c1cc(O)cc(O)c1. The van der Waals surface area contributed by atoms with Crippen molar-refractivity contribution in [1.29, 1.82) is 0 Å². The normalized spacial score (nSPS) is 19.8. The standard InChI is InChI=1S/C14H19NO3/c1-2-11-5-3-4-6-15(11)14(18)10-7-12(16)9-13(17)8-10/h7-9,11,16-17H,2-6H2,1H3. The maximum Gasteiger partial charge on any atom is 0.254 e. The molecule has 0 spiro atoms. The molecule has 18 heavy (non-hydrogen) atoms. The van der Waals surface area contributed by atoms with E-state index >= 15 is 0 Å². The van der Waals surface area contributed by atoms with Crippen LogP contribution in [0.4, 0.5) is 0 Å². The fourth-order valence-corrected chi connectivity index (χ4v) is 2.58. The van der Waals surface area contributed by atoms with Crippen LogP contribution in [0.15, 0.2) is 18.2 Å². The van der Waals surface area contributed by atoms with Crippen molar-refractivity contribution in [2.24, 2.45) is 0 Å². The number of likely N-dealkylation sites (tertiary alicyclic amines) is 1. The lowest BCUT2D eigenvalue weighted by Crippen LogP contribution is -2.43. The molecule has 0 aliphatic carbocycles. The van der Waals surface area contributed by atoms with Crippen molar-refractivity contribution >= 4 is 5.91 Å². The number of aromatic hydroxyl groups is 2. The predicted molar refractivity (Wildman–Crippen MR) is 68.7 cm³/mol. The van der Waals surface area contributed by atoms with Crippen molar-refractivity contribution < 1.29 is 15.0 Å². The molecule has 4 nitrogen and oxygen atoms in total. The van der Waals surface area contributed by atoms with E-state index in [1.807, 2.05) is 4.90 Å². The van der Waals surface area contributed by atoms with E-state index in [1.165, 1.54) is 18.2 Å². The zero-order chi connectivity index (χ0) is 13.1. The third-order valence-corrected chi connectivity index (χ3v) is 3.51.